The highest BCUT2D eigenvalue weighted by Gasteiger charge is 2.29. The van der Waals surface area contributed by atoms with Gasteiger partial charge in [0.15, 0.2) is 5.76 Å². The van der Waals surface area contributed by atoms with Crippen LogP contribution >= 0.6 is 0 Å². The van der Waals surface area contributed by atoms with Gasteiger partial charge >= 0.3 is 5.97 Å². The van der Waals surface area contributed by atoms with Crippen molar-refractivity contribution < 1.29 is 23.5 Å². The van der Waals surface area contributed by atoms with Crippen LogP contribution in [0.1, 0.15) is 52.2 Å². The maximum Gasteiger partial charge on any atom is 0.338 e. The summed E-state index contributed by atoms with van der Waals surface area (Å²) >= 11 is 0. The second-order valence-electron chi connectivity index (χ2n) is 6.32. The molecule has 0 spiro atoms. The number of nitrogens with zero attached hydrogens (tertiary/aromatic N) is 1. The van der Waals surface area contributed by atoms with Gasteiger partial charge in [-0.25, -0.2) is 9.18 Å². The number of benzene rings is 1. The average molecular weight is 345 g/mol. The standard InChI is InChI=1S/C19H20FNO4/c20-15-5-3-4-13(10-15)8-9-21(16-6-1-2-7-16)18(22)17-11-14(12-25-17)19(23)24/h3-5,10-12,16H,1-2,6-9H2,(H,23,24). The van der Waals surface area contributed by atoms with Crippen molar-refractivity contribution in [3.05, 3.63) is 59.3 Å². The number of carbonyl (C=O) groups excluding carboxylic acids is 1. The molecule has 0 bridgehead atoms. The van der Waals surface area contributed by atoms with Crippen molar-refractivity contribution in [2.24, 2.45) is 0 Å². The van der Waals surface area contributed by atoms with Crippen LogP contribution in [0.25, 0.3) is 0 Å². The molecule has 0 aliphatic heterocycles. The van der Waals surface area contributed by atoms with Crippen LogP contribution in [0, 0.1) is 5.82 Å². The summed E-state index contributed by atoms with van der Waals surface area (Å²) < 4.78 is 18.5. The molecule has 3 rings (SSSR count). The molecule has 1 aliphatic carbocycles. The van der Waals surface area contributed by atoms with Crippen LogP contribution in [0.2, 0.25) is 0 Å². The monoisotopic (exact) mass is 345 g/mol. The fourth-order valence-corrected chi connectivity index (χ4v) is 3.31. The number of hydrogen-bond donors (Lipinski definition) is 1. The van der Waals surface area contributed by atoms with E-state index in [1.807, 2.05) is 6.07 Å². The number of hydrogen-bond acceptors (Lipinski definition) is 3. The largest absolute Gasteiger partial charge is 0.478 e. The number of carboxylic acids is 1. The van der Waals surface area contributed by atoms with Gasteiger partial charge in [-0.3, -0.25) is 4.79 Å². The van der Waals surface area contributed by atoms with E-state index in [2.05, 4.69) is 0 Å². The van der Waals surface area contributed by atoms with Crippen molar-refractivity contribution in [3.8, 4) is 0 Å². The quantitative estimate of drug-likeness (QED) is 0.866. The van der Waals surface area contributed by atoms with Crippen LogP contribution < -0.4 is 0 Å². The minimum atomic E-state index is -1.13. The molecule has 25 heavy (non-hydrogen) atoms. The molecule has 5 nitrogen and oxygen atoms in total. The Morgan fingerprint density at radius 3 is 2.64 bits per heavy atom. The molecule has 132 valence electrons. The molecular weight excluding hydrogens is 325 g/mol. The molecule has 2 aromatic rings. The van der Waals surface area contributed by atoms with Gasteiger partial charge in [0.2, 0.25) is 0 Å². The first-order valence-corrected chi connectivity index (χ1v) is 8.42. The Morgan fingerprint density at radius 2 is 2.00 bits per heavy atom. The molecule has 1 heterocycles. The molecule has 0 unspecified atom stereocenters. The lowest BCUT2D eigenvalue weighted by Crippen LogP contribution is -2.40. The summed E-state index contributed by atoms with van der Waals surface area (Å²) in [6, 6.07) is 7.70. The zero-order valence-corrected chi connectivity index (χ0v) is 13.8. The smallest absolute Gasteiger partial charge is 0.338 e. The first-order chi connectivity index (χ1) is 12.0. The van der Waals surface area contributed by atoms with Gasteiger partial charge in [-0.2, -0.15) is 0 Å². The van der Waals surface area contributed by atoms with Gasteiger partial charge in [0.1, 0.15) is 12.1 Å². The predicted molar refractivity (Wildman–Crippen MR) is 89.1 cm³/mol. The third-order valence-electron chi connectivity index (χ3n) is 4.61. The lowest BCUT2D eigenvalue weighted by molar-refractivity contribution is 0.0649. The number of furan rings is 1. The summed E-state index contributed by atoms with van der Waals surface area (Å²) in [5, 5.41) is 8.99. The molecule has 1 saturated carbocycles. The number of rotatable bonds is 6. The van der Waals surface area contributed by atoms with Gasteiger partial charge in [-0.05, 0) is 37.0 Å². The molecule has 1 fully saturated rings. The summed E-state index contributed by atoms with van der Waals surface area (Å²) in [7, 11) is 0. The highest BCUT2D eigenvalue weighted by Crippen LogP contribution is 2.26. The Hall–Kier alpha value is -2.63. The van der Waals surface area contributed by atoms with Crippen molar-refractivity contribution in [2.45, 2.75) is 38.1 Å². The van der Waals surface area contributed by atoms with Crippen molar-refractivity contribution in [3.63, 3.8) is 0 Å². The summed E-state index contributed by atoms with van der Waals surface area (Å²) in [5.41, 5.74) is 0.779. The maximum absolute atomic E-state index is 13.3. The molecule has 1 aliphatic rings. The topological polar surface area (TPSA) is 70.7 Å². The molecule has 6 heteroatoms. The van der Waals surface area contributed by atoms with Gasteiger partial charge in [-0.15, -0.1) is 0 Å². The van der Waals surface area contributed by atoms with Gasteiger partial charge < -0.3 is 14.4 Å². The number of carboxylic acid groups (broad SMARTS) is 1. The van der Waals surface area contributed by atoms with Gasteiger partial charge in [0.25, 0.3) is 5.91 Å². The van der Waals surface area contributed by atoms with Crippen LogP contribution in [-0.4, -0.2) is 34.5 Å². The average Bonchev–Trinajstić information content (AvgIpc) is 3.27. The Labute approximate surface area is 145 Å². The van der Waals surface area contributed by atoms with Crippen molar-refractivity contribution >= 4 is 11.9 Å². The van der Waals surface area contributed by atoms with E-state index in [1.54, 1.807) is 11.0 Å². The Morgan fingerprint density at radius 1 is 1.24 bits per heavy atom. The van der Waals surface area contributed by atoms with E-state index in [1.165, 1.54) is 18.2 Å². The molecule has 1 aromatic heterocycles. The van der Waals surface area contributed by atoms with Crippen LogP contribution in [-0.2, 0) is 6.42 Å². The summed E-state index contributed by atoms with van der Waals surface area (Å²) in [6.07, 6.45) is 5.57. The van der Waals surface area contributed by atoms with Gasteiger partial charge in [-0.1, -0.05) is 25.0 Å². The Balaban J connectivity index is 1.76. The third kappa shape index (κ3) is 4.07. The van der Waals surface area contributed by atoms with E-state index in [-0.39, 0.29) is 29.1 Å². The van der Waals surface area contributed by atoms with E-state index in [0.717, 1.165) is 37.5 Å². The molecule has 1 aromatic carbocycles. The van der Waals surface area contributed by atoms with E-state index in [9.17, 15) is 14.0 Å². The van der Waals surface area contributed by atoms with E-state index >= 15 is 0 Å². The third-order valence-corrected chi connectivity index (χ3v) is 4.61. The molecule has 0 saturated heterocycles. The van der Waals surface area contributed by atoms with Gasteiger partial charge in [0, 0.05) is 18.7 Å². The fraction of sp³-hybridized carbons (Fsp3) is 0.368. The minimum Gasteiger partial charge on any atom is -0.478 e. The van der Waals surface area contributed by atoms with Crippen LogP contribution in [0.3, 0.4) is 0 Å². The van der Waals surface area contributed by atoms with E-state index in [0.29, 0.717) is 13.0 Å². The first-order valence-electron chi connectivity index (χ1n) is 8.42. The van der Waals surface area contributed by atoms with Crippen LogP contribution in [0.15, 0.2) is 41.0 Å². The van der Waals surface area contributed by atoms with Crippen molar-refractivity contribution in [1.82, 2.24) is 4.90 Å². The number of amides is 1. The summed E-state index contributed by atoms with van der Waals surface area (Å²) in [4.78, 5) is 25.5. The molecule has 0 atom stereocenters. The Bertz CT molecular complexity index is 764. The van der Waals surface area contributed by atoms with Crippen molar-refractivity contribution in [1.29, 1.82) is 0 Å². The zero-order chi connectivity index (χ0) is 17.8. The highest BCUT2D eigenvalue weighted by atomic mass is 19.1. The van der Waals surface area contributed by atoms with Crippen LogP contribution in [0.4, 0.5) is 4.39 Å². The summed E-state index contributed by atoms with van der Waals surface area (Å²) in [6.45, 7) is 0.441. The molecule has 0 radical (unpaired) electrons. The van der Waals surface area contributed by atoms with E-state index in [4.69, 9.17) is 9.52 Å². The number of carbonyl (C=O) groups is 2. The lowest BCUT2D eigenvalue weighted by Gasteiger charge is -2.28. The predicted octanol–water partition coefficient (Wildman–Crippen LogP) is 3.74. The minimum absolute atomic E-state index is 0.0311. The second kappa shape index (κ2) is 7.51. The Kier molecular flexibility index (Phi) is 5.16. The zero-order valence-electron chi connectivity index (χ0n) is 13.8. The fourth-order valence-electron chi connectivity index (χ4n) is 3.31. The number of halogens is 1. The normalized spacial score (nSPS) is 14.6. The van der Waals surface area contributed by atoms with Crippen molar-refractivity contribution in [2.75, 3.05) is 6.54 Å². The first kappa shape index (κ1) is 17.2. The molecular formula is C19H20FNO4. The second-order valence-corrected chi connectivity index (χ2v) is 6.32. The van der Waals surface area contributed by atoms with Gasteiger partial charge in [0.05, 0.1) is 5.56 Å². The van der Waals surface area contributed by atoms with Crippen LogP contribution in [0.5, 0.6) is 0 Å². The SMILES string of the molecule is O=C(O)c1coc(C(=O)N(CCc2cccc(F)c2)C2CCCC2)c1. The molecule has 1 amide bonds. The molecule has 1 N–H and O–H groups in total. The maximum atomic E-state index is 13.3. The number of aromatic carboxylic acids is 1. The highest BCUT2D eigenvalue weighted by molar-refractivity contribution is 5.95. The lowest BCUT2D eigenvalue weighted by atomic mass is 10.1. The summed E-state index contributed by atoms with van der Waals surface area (Å²) in [5.74, 6) is -1.71. The van der Waals surface area contributed by atoms with E-state index < -0.39 is 5.97 Å².